The van der Waals surface area contributed by atoms with E-state index in [0.717, 1.165) is 24.3 Å². The van der Waals surface area contributed by atoms with E-state index in [0.29, 0.717) is 32.3 Å². The van der Waals surface area contributed by atoms with Gasteiger partial charge in [0.1, 0.15) is 12.4 Å². The van der Waals surface area contributed by atoms with Crippen molar-refractivity contribution < 1.29 is 14.4 Å². The zero-order valence-electron chi connectivity index (χ0n) is 16.0. The van der Waals surface area contributed by atoms with Gasteiger partial charge in [-0.05, 0) is 24.1 Å². The molecule has 0 aliphatic carbocycles. The summed E-state index contributed by atoms with van der Waals surface area (Å²) in [6, 6.07) is 16.0. The van der Waals surface area contributed by atoms with Crippen LogP contribution in [0.15, 0.2) is 59.6 Å². The number of aliphatic imine (C=N–C) groups is 1. The average Bonchev–Trinajstić information content (AvgIpc) is 2.72. The Balaban J connectivity index is 1.85. The molecular weight excluding hydrogens is 360 g/mol. The number of benzene rings is 2. The number of para-hydroxylation sites is 1. The summed E-state index contributed by atoms with van der Waals surface area (Å²) in [5.41, 5.74) is 0.964. The maximum Gasteiger partial charge on any atom is 0.269 e. The smallest absolute Gasteiger partial charge is 0.269 e. The Morgan fingerprint density at radius 2 is 1.75 bits per heavy atom. The number of methoxy groups -OCH3 is 1. The second kappa shape index (κ2) is 12.3. The zero-order chi connectivity index (χ0) is 20.0. The second-order valence-corrected chi connectivity index (χ2v) is 5.95. The molecule has 2 rings (SSSR count). The number of nitro benzene ring substituents is 1. The molecule has 2 aromatic carbocycles. The van der Waals surface area contributed by atoms with Crippen molar-refractivity contribution in [2.45, 2.75) is 13.0 Å². The first kappa shape index (κ1) is 21.2. The molecule has 0 saturated heterocycles. The van der Waals surface area contributed by atoms with Gasteiger partial charge in [-0.3, -0.25) is 10.1 Å². The van der Waals surface area contributed by atoms with Crippen LogP contribution in [-0.2, 0) is 11.3 Å². The van der Waals surface area contributed by atoms with Crippen LogP contribution in [0.3, 0.4) is 0 Å². The fourth-order valence-electron chi connectivity index (χ4n) is 2.35. The molecule has 0 amide bonds. The molecule has 0 atom stereocenters. The molecule has 8 heteroatoms. The van der Waals surface area contributed by atoms with Crippen molar-refractivity contribution in [3.63, 3.8) is 0 Å². The number of nitro groups is 1. The van der Waals surface area contributed by atoms with Crippen molar-refractivity contribution in [2.24, 2.45) is 4.99 Å². The summed E-state index contributed by atoms with van der Waals surface area (Å²) in [5, 5.41) is 17.2. The molecule has 0 unspecified atom stereocenters. The normalized spacial score (nSPS) is 11.1. The number of nitrogens with zero attached hydrogens (tertiary/aromatic N) is 2. The van der Waals surface area contributed by atoms with Crippen molar-refractivity contribution in [3.05, 3.63) is 70.3 Å². The summed E-state index contributed by atoms with van der Waals surface area (Å²) in [4.78, 5) is 14.9. The number of hydrogen-bond acceptors (Lipinski definition) is 5. The highest BCUT2D eigenvalue weighted by molar-refractivity contribution is 5.79. The van der Waals surface area contributed by atoms with E-state index in [1.165, 1.54) is 12.1 Å². The van der Waals surface area contributed by atoms with Crippen molar-refractivity contribution in [1.82, 2.24) is 10.6 Å². The summed E-state index contributed by atoms with van der Waals surface area (Å²) < 4.78 is 10.7. The predicted molar refractivity (Wildman–Crippen MR) is 109 cm³/mol. The molecule has 0 heterocycles. The lowest BCUT2D eigenvalue weighted by Crippen LogP contribution is -2.40. The third-order valence-corrected chi connectivity index (χ3v) is 3.79. The first-order valence-corrected chi connectivity index (χ1v) is 9.11. The van der Waals surface area contributed by atoms with Gasteiger partial charge >= 0.3 is 0 Å². The topological polar surface area (TPSA) is 98.0 Å². The first-order valence-electron chi connectivity index (χ1n) is 9.11. The number of nitrogens with one attached hydrogen (secondary N) is 2. The Bertz CT molecular complexity index is 736. The van der Waals surface area contributed by atoms with E-state index in [4.69, 9.17) is 9.47 Å². The standard InChI is InChI=1S/C20H26N4O4/c1-27-14-5-12-21-20(22-13-15-28-19-6-3-2-4-7-19)23-16-17-8-10-18(11-9-17)24(25)26/h2-4,6-11H,5,12-16H2,1H3,(H2,21,22,23). The molecule has 2 aromatic rings. The lowest BCUT2D eigenvalue weighted by molar-refractivity contribution is -0.384. The molecule has 0 aliphatic heterocycles. The molecule has 28 heavy (non-hydrogen) atoms. The van der Waals surface area contributed by atoms with Gasteiger partial charge in [0.15, 0.2) is 5.96 Å². The average molecular weight is 386 g/mol. The maximum atomic E-state index is 10.7. The molecule has 0 fully saturated rings. The number of guanidine groups is 1. The number of ether oxygens (including phenoxy) is 2. The predicted octanol–water partition coefficient (Wildman–Crippen LogP) is 2.75. The summed E-state index contributed by atoms with van der Waals surface area (Å²) in [6.45, 7) is 2.89. The van der Waals surface area contributed by atoms with Crippen molar-refractivity contribution in [3.8, 4) is 5.75 Å². The van der Waals surface area contributed by atoms with Gasteiger partial charge in [0.05, 0.1) is 18.0 Å². The molecular formula is C20H26N4O4. The van der Waals surface area contributed by atoms with Crippen LogP contribution in [0.4, 0.5) is 5.69 Å². The van der Waals surface area contributed by atoms with Gasteiger partial charge in [0.2, 0.25) is 0 Å². The summed E-state index contributed by atoms with van der Waals surface area (Å²) >= 11 is 0. The monoisotopic (exact) mass is 386 g/mol. The first-order chi connectivity index (χ1) is 13.7. The van der Waals surface area contributed by atoms with Crippen LogP contribution in [0.1, 0.15) is 12.0 Å². The van der Waals surface area contributed by atoms with Crippen LogP contribution in [0.25, 0.3) is 0 Å². The van der Waals surface area contributed by atoms with Crippen molar-refractivity contribution >= 4 is 11.6 Å². The minimum atomic E-state index is -0.413. The molecule has 0 spiro atoms. The summed E-state index contributed by atoms with van der Waals surface area (Å²) in [6.07, 6.45) is 0.856. The Kier molecular flexibility index (Phi) is 9.30. The van der Waals surface area contributed by atoms with Crippen LogP contribution in [0.5, 0.6) is 5.75 Å². The zero-order valence-corrected chi connectivity index (χ0v) is 16.0. The Labute approximate surface area is 164 Å². The lowest BCUT2D eigenvalue weighted by Gasteiger charge is -2.13. The van der Waals surface area contributed by atoms with Crippen LogP contribution in [0.2, 0.25) is 0 Å². The molecule has 0 aromatic heterocycles. The van der Waals surface area contributed by atoms with Gasteiger partial charge in [0, 0.05) is 32.4 Å². The van der Waals surface area contributed by atoms with Crippen molar-refractivity contribution in [1.29, 1.82) is 0 Å². The van der Waals surface area contributed by atoms with Gasteiger partial charge < -0.3 is 20.1 Å². The van der Waals surface area contributed by atoms with E-state index in [1.54, 1.807) is 19.2 Å². The minimum absolute atomic E-state index is 0.0711. The van der Waals surface area contributed by atoms with E-state index < -0.39 is 4.92 Å². The third-order valence-electron chi connectivity index (χ3n) is 3.79. The van der Waals surface area contributed by atoms with Gasteiger partial charge in [-0.15, -0.1) is 0 Å². The Hall–Kier alpha value is -3.13. The minimum Gasteiger partial charge on any atom is -0.492 e. The van der Waals surface area contributed by atoms with E-state index >= 15 is 0 Å². The highest BCUT2D eigenvalue weighted by Crippen LogP contribution is 2.12. The Morgan fingerprint density at radius 3 is 2.43 bits per heavy atom. The molecule has 2 N–H and O–H groups in total. The van der Waals surface area contributed by atoms with Crippen LogP contribution < -0.4 is 15.4 Å². The highest BCUT2D eigenvalue weighted by atomic mass is 16.6. The summed E-state index contributed by atoms with van der Waals surface area (Å²) in [7, 11) is 1.67. The quantitative estimate of drug-likeness (QED) is 0.203. The second-order valence-electron chi connectivity index (χ2n) is 5.95. The van der Waals surface area contributed by atoms with E-state index in [1.807, 2.05) is 30.3 Å². The van der Waals surface area contributed by atoms with E-state index in [-0.39, 0.29) is 5.69 Å². The molecule has 0 radical (unpaired) electrons. The van der Waals surface area contributed by atoms with Gasteiger partial charge in [-0.1, -0.05) is 30.3 Å². The lowest BCUT2D eigenvalue weighted by atomic mass is 10.2. The van der Waals surface area contributed by atoms with Crippen LogP contribution >= 0.6 is 0 Å². The molecule has 150 valence electrons. The molecule has 0 aliphatic rings. The maximum absolute atomic E-state index is 10.7. The highest BCUT2D eigenvalue weighted by Gasteiger charge is 2.04. The number of rotatable bonds is 11. The van der Waals surface area contributed by atoms with Crippen LogP contribution in [0, 0.1) is 10.1 Å². The molecule has 0 saturated carbocycles. The third kappa shape index (κ3) is 8.05. The Morgan fingerprint density at radius 1 is 1.04 bits per heavy atom. The van der Waals surface area contributed by atoms with Gasteiger partial charge in [-0.2, -0.15) is 0 Å². The fourth-order valence-corrected chi connectivity index (χ4v) is 2.35. The largest absolute Gasteiger partial charge is 0.492 e. The van der Waals surface area contributed by atoms with E-state index in [9.17, 15) is 10.1 Å². The van der Waals surface area contributed by atoms with Crippen LogP contribution in [-0.4, -0.2) is 44.3 Å². The number of hydrogen-bond donors (Lipinski definition) is 2. The molecule has 8 nitrogen and oxygen atoms in total. The molecule has 0 bridgehead atoms. The van der Waals surface area contributed by atoms with E-state index in [2.05, 4.69) is 15.6 Å². The van der Waals surface area contributed by atoms with Gasteiger partial charge in [-0.25, -0.2) is 4.99 Å². The van der Waals surface area contributed by atoms with Gasteiger partial charge in [0.25, 0.3) is 5.69 Å². The van der Waals surface area contributed by atoms with Crippen molar-refractivity contribution in [2.75, 3.05) is 33.4 Å². The SMILES string of the molecule is COCCCNC(=NCc1ccc([N+](=O)[O-])cc1)NCCOc1ccccc1. The summed E-state index contributed by atoms with van der Waals surface area (Å²) in [5.74, 6) is 1.48. The number of non-ortho nitro benzene ring substituents is 1. The fraction of sp³-hybridized carbons (Fsp3) is 0.350.